The van der Waals surface area contributed by atoms with Crippen molar-refractivity contribution >= 4 is 0 Å². The minimum absolute atomic E-state index is 0.788. The quantitative estimate of drug-likeness (QED) is 0.647. The van der Waals surface area contributed by atoms with Crippen molar-refractivity contribution in [1.82, 2.24) is 10.2 Å². The van der Waals surface area contributed by atoms with E-state index in [-0.39, 0.29) is 0 Å². The number of nitrogens with one attached hydrogen (secondary N) is 1. The minimum atomic E-state index is 0.788. The van der Waals surface area contributed by atoms with E-state index in [0.717, 1.165) is 18.5 Å². The second kappa shape index (κ2) is 4.83. The van der Waals surface area contributed by atoms with Crippen molar-refractivity contribution in [2.45, 2.75) is 32.7 Å². The SMILES string of the molecule is CC(C)CN(C)CCNC1CC1. The Bertz CT molecular complexity index is 119. The fourth-order valence-electron chi connectivity index (χ4n) is 1.46. The molecule has 0 unspecified atom stereocenters. The number of rotatable bonds is 6. The molecule has 1 aliphatic carbocycles. The second-order valence-electron chi connectivity index (χ2n) is 4.38. The molecule has 0 atom stereocenters. The van der Waals surface area contributed by atoms with Crippen molar-refractivity contribution in [3.63, 3.8) is 0 Å². The van der Waals surface area contributed by atoms with Crippen molar-refractivity contribution in [2.24, 2.45) is 5.92 Å². The van der Waals surface area contributed by atoms with Gasteiger partial charge >= 0.3 is 0 Å². The number of hydrogen-bond donors (Lipinski definition) is 1. The molecule has 0 aromatic rings. The Morgan fingerprint density at radius 2 is 2.08 bits per heavy atom. The maximum Gasteiger partial charge on any atom is 0.0104 e. The Labute approximate surface area is 76.3 Å². The van der Waals surface area contributed by atoms with Crippen LogP contribution >= 0.6 is 0 Å². The van der Waals surface area contributed by atoms with Gasteiger partial charge in [-0.1, -0.05) is 13.8 Å². The molecule has 0 radical (unpaired) electrons. The van der Waals surface area contributed by atoms with Gasteiger partial charge in [0.2, 0.25) is 0 Å². The van der Waals surface area contributed by atoms with Crippen LogP contribution in [0.5, 0.6) is 0 Å². The Hall–Kier alpha value is -0.0800. The molecule has 0 saturated heterocycles. The van der Waals surface area contributed by atoms with Crippen molar-refractivity contribution in [3.8, 4) is 0 Å². The van der Waals surface area contributed by atoms with Crippen LogP contribution in [0.15, 0.2) is 0 Å². The van der Waals surface area contributed by atoms with Crippen molar-refractivity contribution in [2.75, 3.05) is 26.7 Å². The van der Waals surface area contributed by atoms with Gasteiger partial charge in [0.05, 0.1) is 0 Å². The third-order valence-electron chi connectivity index (χ3n) is 2.18. The predicted molar refractivity (Wildman–Crippen MR) is 53.4 cm³/mol. The molecule has 1 rings (SSSR count). The van der Waals surface area contributed by atoms with Crippen molar-refractivity contribution in [1.29, 1.82) is 0 Å². The van der Waals surface area contributed by atoms with Crippen LogP contribution in [0.3, 0.4) is 0 Å². The zero-order valence-electron chi connectivity index (χ0n) is 8.64. The lowest BCUT2D eigenvalue weighted by Crippen LogP contribution is -2.32. The van der Waals surface area contributed by atoms with Crippen LogP contribution in [0.1, 0.15) is 26.7 Å². The van der Waals surface area contributed by atoms with Crippen LogP contribution in [0.4, 0.5) is 0 Å². The van der Waals surface area contributed by atoms with Crippen molar-refractivity contribution < 1.29 is 0 Å². The lowest BCUT2D eigenvalue weighted by Gasteiger charge is -2.18. The summed E-state index contributed by atoms with van der Waals surface area (Å²) in [6.45, 7) is 8.10. The highest BCUT2D eigenvalue weighted by Gasteiger charge is 2.19. The third kappa shape index (κ3) is 4.73. The molecule has 0 aliphatic heterocycles. The van der Waals surface area contributed by atoms with Crippen LogP contribution < -0.4 is 5.32 Å². The molecule has 0 spiro atoms. The van der Waals surface area contributed by atoms with Gasteiger partial charge < -0.3 is 10.2 Å². The molecule has 2 nitrogen and oxygen atoms in total. The summed E-state index contributed by atoms with van der Waals surface area (Å²) in [5.74, 6) is 0.788. The number of nitrogens with zero attached hydrogens (tertiary/aromatic N) is 1. The first-order valence-electron chi connectivity index (χ1n) is 5.10. The average Bonchev–Trinajstić information content (AvgIpc) is 2.69. The minimum Gasteiger partial charge on any atom is -0.313 e. The van der Waals surface area contributed by atoms with Gasteiger partial charge in [-0.3, -0.25) is 0 Å². The molecule has 0 bridgehead atoms. The highest BCUT2D eigenvalue weighted by molar-refractivity contribution is 4.80. The lowest BCUT2D eigenvalue weighted by molar-refractivity contribution is 0.294. The van der Waals surface area contributed by atoms with E-state index in [2.05, 4.69) is 31.1 Å². The Morgan fingerprint density at radius 3 is 2.58 bits per heavy atom. The van der Waals surface area contributed by atoms with Gasteiger partial charge in [0.15, 0.2) is 0 Å². The van der Waals surface area contributed by atoms with Crippen LogP contribution in [-0.4, -0.2) is 37.6 Å². The summed E-state index contributed by atoms with van der Waals surface area (Å²) in [7, 11) is 2.20. The maximum absolute atomic E-state index is 3.52. The summed E-state index contributed by atoms with van der Waals surface area (Å²) >= 11 is 0. The summed E-state index contributed by atoms with van der Waals surface area (Å²) < 4.78 is 0. The molecule has 1 aliphatic rings. The van der Waals surface area contributed by atoms with E-state index in [1.807, 2.05) is 0 Å². The van der Waals surface area contributed by atoms with Gasteiger partial charge in [-0.05, 0) is 25.8 Å². The zero-order valence-corrected chi connectivity index (χ0v) is 8.64. The lowest BCUT2D eigenvalue weighted by atomic mass is 10.2. The first kappa shape index (κ1) is 10.0. The summed E-state index contributed by atoms with van der Waals surface area (Å²) in [5, 5.41) is 3.52. The molecule has 0 amide bonds. The molecule has 2 heteroatoms. The summed E-state index contributed by atoms with van der Waals surface area (Å²) in [4.78, 5) is 2.40. The summed E-state index contributed by atoms with van der Waals surface area (Å²) in [5.41, 5.74) is 0. The van der Waals surface area contributed by atoms with E-state index >= 15 is 0 Å². The maximum atomic E-state index is 3.52. The highest BCUT2D eigenvalue weighted by atomic mass is 15.1. The molecule has 1 saturated carbocycles. The van der Waals surface area contributed by atoms with E-state index in [4.69, 9.17) is 0 Å². The smallest absolute Gasteiger partial charge is 0.0104 e. The van der Waals surface area contributed by atoms with E-state index in [9.17, 15) is 0 Å². The van der Waals surface area contributed by atoms with Gasteiger partial charge in [-0.15, -0.1) is 0 Å². The van der Waals surface area contributed by atoms with Gasteiger partial charge in [-0.25, -0.2) is 0 Å². The van der Waals surface area contributed by atoms with E-state index in [1.54, 1.807) is 0 Å². The average molecular weight is 170 g/mol. The highest BCUT2D eigenvalue weighted by Crippen LogP contribution is 2.17. The molecule has 72 valence electrons. The first-order valence-corrected chi connectivity index (χ1v) is 5.10. The number of hydrogen-bond acceptors (Lipinski definition) is 2. The Morgan fingerprint density at radius 1 is 1.42 bits per heavy atom. The van der Waals surface area contributed by atoms with Crippen molar-refractivity contribution in [3.05, 3.63) is 0 Å². The normalized spacial score (nSPS) is 17.8. The van der Waals surface area contributed by atoms with Gasteiger partial charge in [-0.2, -0.15) is 0 Å². The van der Waals surface area contributed by atoms with Gasteiger partial charge in [0.25, 0.3) is 0 Å². The van der Waals surface area contributed by atoms with E-state index < -0.39 is 0 Å². The fourth-order valence-corrected chi connectivity index (χ4v) is 1.46. The third-order valence-corrected chi connectivity index (χ3v) is 2.18. The zero-order chi connectivity index (χ0) is 8.97. The molecule has 1 N–H and O–H groups in total. The first-order chi connectivity index (χ1) is 5.68. The monoisotopic (exact) mass is 170 g/mol. The van der Waals surface area contributed by atoms with Crippen LogP contribution in [0.25, 0.3) is 0 Å². The standard InChI is InChI=1S/C10H22N2/c1-9(2)8-12(3)7-6-11-10-4-5-10/h9-11H,4-8H2,1-3H3. The Balaban J connectivity index is 1.89. The second-order valence-corrected chi connectivity index (χ2v) is 4.38. The van der Waals surface area contributed by atoms with Crippen LogP contribution in [0, 0.1) is 5.92 Å². The van der Waals surface area contributed by atoms with Gasteiger partial charge in [0, 0.05) is 25.7 Å². The number of likely N-dealkylation sites (N-methyl/N-ethyl adjacent to an activating group) is 1. The molecular formula is C10H22N2. The van der Waals surface area contributed by atoms with Gasteiger partial charge in [0.1, 0.15) is 0 Å². The molecular weight excluding hydrogens is 148 g/mol. The molecule has 12 heavy (non-hydrogen) atoms. The molecule has 0 heterocycles. The van der Waals surface area contributed by atoms with Crippen LogP contribution in [0.2, 0.25) is 0 Å². The summed E-state index contributed by atoms with van der Waals surface area (Å²) in [6.07, 6.45) is 2.79. The topological polar surface area (TPSA) is 15.3 Å². The van der Waals surface area contributed by atoms with Crippen LogP contribution in [-0.2, 0) is 0 Å². The summed E-state index contributed by atoms with van der Waals surface area (Å²) in [6, 6.07) is 0.859. The molecule has 1 fully saturated rings. The van der Waals surface area contributed by atoms with E-state index in [1.165, 1.54) is 25.9 Å². The fraction of sp³-hybridized carbons (Fsp3) is 1.00. The predicted octanol–water partition coefficient (Wildman–Crippen LogP) is 1.33. The molecule has 0 aromatic heterocycles. The Kier molecular flexibility index (Phi) is 4.02. The molecule has 0 aromatic carbocycles. The van der Waals surface area contributed by atoms with E-state index in [0.29, 0.717) is 0 Å². The largest absolute Gasteiger partial charge is 0.313 e.